The van der Waals surface area contributed by atoms with Gasteiger partial charge < -0.3 is 10.4 Å². The molecule has 0 aliphatic carbocycles. The van der Waals surface area contributed by atoms with Crippen molar-refractivity contribution in [1.29, 1.82) is 0 Å². The summed E-state index contributed by atoms with van der Waals surface area (Å²) in [5, 5.41) is 15.4. The fourth-order valence-corrected chi connectivity index (χ4v) is 1.83. The van der Waals surface area contributed by atoms with E-state index in [1.807, 2.05) is 32.0 Å². The van der Waals surface area contributed by atoms with Crippen molar-refractivity contribution in [2.45, 2.75) is 26.8 Å². The summed E-state index contributed by atoms with van der Waals surface area (Å²) >= 11 is 0. The van der Waals surface area contributed by atoms with Crippen LogP contribution in [0.3, 0.4) is 0 Å². The summed E-state index contributed by atoms with van der Waals surface area (Å²) in [4.78, 5) is 22.6. The van der Waals surface area contributed by atoms with E-state index in [1.165, 1.54) is 4.68 Å². The molecule has 21 heavy (non-hydrogen) atoms. The zero-order valence-corrected chi connectivity index (χ0v) is 12.0. The summed E-state index contributed by atoms with van der Waals surface area (Å²) in [6.07, 6.45) is 1.57. The van der Waals surface area contributed by atoms with Gasteiger partial charge in [0.1, 0.15) is 0 Å². The number of hydrogen-bond donors (Lipinski definition) is 2. The van der Waals surface area contributed by atoms with Gasteiger partial charge >= 0.3 is 5.97 Å². The van der Waals surface area contributed by atoms with Crippen molar-refractivity contribution >= 4 is 17.6 Å². The highest BCUT2D eigenvalue weighted by molar-refractivity contribution is 6.02. The lowest BCUT2D eigenvalue weighted by atomic mass is 10.1. The van der Waals surface area contributed by atoms with E-state index in [-0.39, 0.29) is 24.6 Å². The quantitative estimate of drug-likeness (QED) is 0.883. The molecule has 0 bridgehead atoms. The number of nitrogens with zero attached hydrogens (tertiary/aromatic N) is 2. The molecule has 1 aromatic heterocycles. The fraction of sp³-hybridized carbons (Fsp3) is 0.267. The smallest absolute Gasteiger partial charge is 0.305 e. The Hall–Kier alpha value is -2.63. The molecule has 2 rings (SSSR count). The molecule has 1 amide bonds. The van der Waals surface area contributed by atoms with Gasteiger partial charge in [-0.2, -0.15) is 5.10 Å². The molecule has 0 saturated heterocycles. The number of aryl methyl sites for hydroxylation is 3. The van der Waals surface area contributed by atoms with Crippen molar-refractivity contribution in [1.82, 2.24) is 9.78 Å². The Balaban J connectivity index is 2.03. The molecule has 0 aliphatic heterocycles. The second-order valence-corrected chi connectivity index (χ2v) is 4.86. The summed E-state index contributed by atoms with van der Waals surface area (Å²) < 4.78 is 1.45. The maximum absolute atomic E-state index is 12.1. The molecule has 2 aromatic rings. The number of carboxylic acids is 1. The van der Waals surface area contributed by atoms with E-state index < -0.39 is 5.97 Å². The van der Waals surface area contributed by atoms with Crippen LogP contribution in [0.2, 0.25) is 0 Å². The van der Waals surface area contributed by atoms with Gasteiger partial charge in [-0.3, -0.25) is 14.3 Å². The summed E-state index contributed by atoms with van der Waals surface area (Å²) in [5.41, 5.74) is 3.23. The minimum Gasteiger partial charge on any atom is -0.481 e. The normalized spacial score (nSPS) is 10.4. The number of carboxylic acid groups (broad SMARTS) is 1. The van der Waals surface area contributed by atoms with Crippen LogP contribution < -0.4 is 5.32 Å². The maximum atomic E-state index is 12.1. The molecular formula is C15H17N3O3. The molecule has 6 nitrogen and oxygen atoms in total. The number of aliphatic carboxylic acids is 1. The standard InChI is InChI=1S/C15H17N3O3/c1-10-3-4-12(9-11(10)2)16-15(21)13-5-7-18(17-13)8-6-14(19)20/h3-5,7,9H,6,8H2,1-2H3,(H,16,21)(H,19,20). The van der Waals surface area contributed by atoms with E-state index in [0.29, 0.717) is 5.69 Å². The third-order valence-corrected chi connectivity index (χ3v) is 3.19. The van der Waals surface area contributed by atoms with Gasteiger partial charge in [-0.1, -0.05) is 6.07 Å². The number of aromatic nitrogens is 2. The van der Waals surface area contributed by atoms with Crippen LogP contribution in [0, 0.1) is 13.8 Å². The number of rotatable bonds is 5. The number of carbonyl (C=O) groups is 2. The largest absolute Gasteiger partial charge is 0.481 e. The highest BCUT2D eigenvalue weighted by atomic mass is 16.4. The molecule has 1 heterocycles. The minimum absolute atomic E-state index is 0.0279. The number of hydrogen-bond acceptors (Lipinski definition) is 3. The van der Waals surface area contributed by atoms with Crippen LogP contribution >= 0.6 is 0 Å². The second-order valence-electron chi connectivity index (χ2n) is 4.86. The van der Waals surface area contributed by atoms with Crippen molar-refractivity contribution < 1.29 is 14.7 Å². The van der Waals surface area contributed by atoms with Crippen molar-refractivity contribution in [3.63, 3.8) is 0 Å². The Labute approximate surface area is 122 Å². The molecule has 0 radical (unpaired) electrons. The van der Waals surface area contributed by atoms with Gasteiger partial charge in [0.05, 0.1) is 13.0 Å². The predicted octanol–water partition coefficient (Wildman–Crippen LogP) is 2.23. The molecule has 0 atom stereocenters. The van der Waals surface area contributed by atoms with Crippen LogP contribution in [0.1, 0.15) is 28.0 Å². The van der Waals surface area contributed by atoms with Gasteiger partial charge in [0.2, 0.25) is 0 Å². The van der Waals surface area contributed by atoms with Crippen molar-refractivity contribution in [2.24, 2.45) is 0 Å². The van der Waals surface area contributed by atoms with Gasteiger partial charge in [0, 0.05) is 11.9 Å². The van der Waals surface area contributed by atoms with Crippen molar-refractivity contribution in [3.8, 4) is 0 Å². The Morgan fingerprint density at radius 2 is 2.00 bits per heavy atom. The highest BCUT2D eigenvalue weighted by Gasteiger charge is 2.10. The summed E-state index contributed by atoms with van der Waals surface area (Å²) in [6.45, 7) is 4.23. The van der Waals surface area contributed by atoms with E-state index in [9.17, 15) is 9.59 Å². The maximum Gasteiger partial charge on any atom is 0.305 e. The molecule has 1 aromatic carbocycles. The van der Waals surface area contributed by atoms with Crippen LogP contribution in [0.4, 0.5) is 5.69 Å². The van der Waals surface area contributed by atoms with E-state index in [0.717, 1.165) is 11.1 Å². The minimum atomic E-state index is -0.897. The number of amides is 1. The summed E-state index contributed by atoms with van der Waals surface area (Å²) in [6, 6.07) is 7.24. The Bertz CT molecular complexity index is 677. The average molecular weight is 287 g/mol. The molecule has 110 valence electrons. The molecule has 6 heteroatoms. The Morgan fingerprint density at radius 3 is 2.67 bits per heavy atom. The average Bonchev–Trinajstić information content (AvgIpc) is 2.89. The first-order valence-corrected chi connectivity index (χ1v) is 6.59. The molecule has 0 unspecified atom stereocenters. The Morgan fingerprint density at radius 1 is 1.24 bits per heavy atom. The first-order chi connectivity index (χ1) is 9.95. The van der Waals surface area contributed by atoms with Gasteiger partial charge in [-0.15, -0.1) is 0 Å². The summed E-state index contributed by atoms with van der Waals surface area (Å²) in [5.74, 6) is -1.21. The van der Waals surface area contributed by atoms with E-state index >= 15 is 0 Å². The molecule has 0 spiro atoms. The molecule has 2 N–H and O–H groups in total. The van der Waals surface area contributed by atoms with Crippen molar-refractivity contribution in [3.05, 3.63) is 47.3 Å². The number of benzene rings is 1. The van der Waals surface area contributed by atoms with Gasteiger partial charge in [0.15, 0.2) is 5.69 Å². The molecule has 0 aliphatic rings. The van der Waals surface area contributed by atoms with E-state index in [1.54, 1.807) is 12.3 Å². The first kappa shape index (κ1) is 14.8. The molecule has 0 saturated carbocycles. The van der Waals surface area contributed by atoms with Crippen molar-refractivity contribution in [2.75, 3.05) is 5.32 Å². The molecular weight excluding hydrogens is 270 g/mol. The SMILES string of the molecule is Cc1ccc(NC(=O)c2ccn(CCC(=O)O)n2)cc1C. The van der Waals surface area contributed by atoms with Gasteiger partial charge in [-0.25, -0.2) is 0 Å². The second kappa shape index (κ2) is 6.21. The number of nitrogens with one attached hydrogen (secondary N) is 1. The van der Waals surface area contributed by atoms with Crippen LogP contribution in [-0.2, 0) is 11.3 Å². The zero-order valence-electron chi connectivity index (χ0n) is 12.0. The third-order valence-electron chi connectivity index (χ3n) is 3.19. The number of carbonyl (C=O) groups excluding carboxylic acids is 1. The van der Waals surface area contributed by atoms with E-state index in [2.05, 4.69) is 10.4 Å². The lowest BCUT2D eigenvalue weighted by molar-refractivity contribution is -0.137. The van der Waals surface area contributed by atoms with E-state index in [4.69, 9.17) is 5.11 Å². The predicted molar refractivity (Wildman–Crippen MR) is 78.3 cm³/mol. The lowest BCUT2D eigenvalue weighted by Crippen LogP contribution is -2.14. The third kappa shape index (κ3) is 3.92. The zero-order chi connectivity index (χ0) is 15.4. The molecule has 0 fully saturated rings. The van der Waals surface area contributed by atoms with Crippen LogP contribution in [0.25, 0.3) is 0 Å². The fourth-order valence-electron chi connectivity index (χ4n) is 1.83. The van der Waals surface area contributed by atoms with Gasteiger partial charge in [-0.05, 0) is 43.2 Å². The lowest BCUT2D eigenvalue weighted by Gasteiger charge is -2.06. The van der Waals surface area contributed by atoms with Gasteiger partial charge in [0.25, 0.3) is 5.91 Å². The first-order valence-electron chi connectivity index (χ1n) is 6.59. The van der Waals surface area contributed by atoms with Crippen LogP contribution in [-0.4, -0.2) is 26.8 Å². The number of anilines is 1. The highest BCUT2D eigenvalue weighted by Crippen LogP contribution is 2.15. The monoisotopic (exact) mass is 287 g/mol. The topological polar surface area (TPSA) is 84.2 Å². The van der Waals surface area contributed by atoms with Crippen LogP contribution in [0.5, 0.6) is 0 Å². The van der Waals surface area contributed by atoms with Crippen LogP contribution in [0.15, 0.2) is 30.5 Å². The summed E-state index contributed by atoms with van der Waals surface area (Å²) in [7, 11) is 0. The Kier molecular flexibility index (Phi) is 4.37.